The number of hydrogen-bond donors (Lipinski definition) is 0. The van der Waals surface area contributed by atoms with Crippen molar-refractivity contribution in [2.45, 2.75) is 19.7 Å². The van der Waals surface area contributed by atoms with E-state index in [1.54, 1.807) is 6.07 Å². The number of ether oxygens (including phenoxy) is 1. The van der Waals surface area contributed by atoms with Gasteiger partial charge in [-0.25, -0.2) is 9.97 Å². The van der Waals surface area contributed by atoms with Crippen LogP contribution in [-0.4, -0.2) is 16.3 Å². The van der Waals surface area contributed by atoms with Gasteiger partial charge in [0.1, 0.15) is 17.2 Å². The van der Waals surface area contributed by atoms with Gasteiger partial charge in [-0.1, -0.05) is 30.7 Å². The Morgan fingerprint density at radius 1 is 1.25 bits per heavy atom. The first-order valence-corrected chi connectivity index (χ1v) is 6.14. The average molecular weight is 303 g/mol. The van der Waals surface area contributed by atoms with Crippen LogP contribution in [0, 0.1) is 0 Å². The van der Waals surface area contributed by atoms with Crippen LogP contribution in [0.15, 0.2) is 30.6 Å². The molecule has 1 aromatic carbocycles. The van der Waals surface area contributed by atoms with Gasteiger partial charge in [0.05, 0.1) is 5.69 Å². The summed E-state index contributed by atoms with van der Waals surface area (Å²) in [6.45, 7) is 1.87. The first kappa shape index (κ1) is 14.6. The van der Waals surface area contributed by atoms with Crippen LogP contribution in [0.25, 0.3) is 11.3 Å². The molecule has 0 amide bonds. The van der Waals surface area contributed by atoms with Gasteiger partial charge in [-0.2, -0.15) is 0 Å². The molecule has 0 atom stereocenters. The molecule has 0 aliphatic rings. The van der Waals surface area contributed by atoms with Gasteiger partial charge >= 0.3 is 6.36 Å². The van der Waals surface area contributed by atoms with Crippen molar-refractivity contribution in [2.24, 2.45) is 0 Å². The van der Waals surface area contributed by atoms with Gasteiger partial charge in [0.2, 0.25) is 0 Å². The smallest absolute Gasteiger partial charge is 0.406 e. The third-order valence-corrected chi connectivity index (χ3v) is 2.91. The first-order chi connectivity index (χ1) is 9.40. The largest absolute Gasteiger partial charge is 0.573 e. The summed E-state index contributed by atoms with van der Waals surface area (Å²) in [6, 6.07) is 5.60. The minimum absolute atomic E-state index is 0.291. The molecule has 3 nitrogen and oxygen atoms in total. The van der Waals surface area contributed by atoms with Gasteiger partial charge < -0.3 is 4.74 Å². The van der Waals surface area contributed by atoms with E-state index in [-0.39, 0.29) is 5.75 Å². The van der Waals surface area contributed by atoms with Crippen LogP contribution in [-0.2, 0) is 6.42 Å². The van der Waals surface area contributed by atoms with Gasteiger partial charge in [0.15, 0.2) is 0 Å². The lowest BCUT2D eigenvalue weighted by atomic mass is 10.1. The molecule has 0 radical (unpaired) electrons. The molecule has 1 heterocycles. The monoisotopic (exact) mass is 302 g/mol. The molecule has 0 aliphatic carbocycles. The summed E-state index contributed by atoms with van der Waals surface area (Å²) in [7, 11) is 0. The zero-order valence-electron chi connectivity index (χ0n) is 10.4. The summed E-state index contributed by atoms with van der Waals surface area (Å²) >= 11 is 5.96. The molecule has 7 heteroatoms. The Morgan fingerprint density at radius 2 is 2.00 bits per heavy atom. The number of benzene rings is 1. The fourth-order valence-electron chi connectivity index (χ4n) is 1.79. The van der Waals surface area contributed by atoms with Crippen LogP contribution in [0.3, 0.4) is 0 Å². The van der Waals surface area contributed by atoms with E-state index in [4.69, 9.17) is 11.6 Å². The van der Waals surface area contributed by atoms with Gasteiger partial charge in [-0.3, -0.25) is 0 Å². The summed E-state index contributed by atoms with van der Waals surface area (Å²) < 4.78 is 40.5. The molecule has 0 spiro atoms. The van der Waals surface area contributed by atoms with E-state index in [1.165, 1.54) is 24.5 Å². The number of rotatable bonds is 3. The molecule has 0 saturated heterocycles. The Bertz CT molecular complexity index is 617. The van der Waals surface area contributed by atoms with Crippen molar-refractivity contribution < 1.29 is 17.9 Å². The van der Waals surface area contributed by atoms with Crippen molar-refractivity contribution in [1.29, 1.82) is 0 Å². The Hall–Kier alpha value is -1.82. The van der Waals surface area contributed by atoms with Gasteiger partial charge in [-0.05, 0) is 18.6 Å². The SMILES string of the molecule is CCc1c(Cl)ncnc1-c1cccc(OC(F)(F)F)c1. The summed E-state index contributed by atoms with van der Waals surface area (Å²) in [6.07, 6.45) is -2.89. The van der Waals surface area contributed by atoms with Crippen LogP contribution in [0.2, 0.25) is 5.15 Å². The van der Waals surface area contributed by atoms with Crippen LogP contribution in [0.4, 0.5) is 13.2 Å². The molecule has 0 saturated carbocycles. The summed E-state index contributed by atoms with van der Waals surface area (Å²) in [5.41, 5.74) is 1.67. The van der Waals surface area contributed by atoms with E-state index in [1.807, 2.05) is 6.92 Å². The van der Waals surface area contributed by atoms with Crippen LogP contribution in [0.5, 0.6) is 5.75 Å². The predicted octanol–water partition coefficient (Wildman–Crippen LogP) is 4.26. The molecule has 0 unspecified atom stereocenters. The van der Waals surface area contributed by atoms with Crippen LogP contribution in [0.1, 0.15) is 12.5 Å². The highest BCUT2D eigenvalue weighted by Crippen LogP contribution is 2.30. The van der Waals surface area contributed by atoms with Gasteiger partial charge in [0, 0.05) is 11.1 Å². The lowest BCUT2D eigenvalue weighted by Crippen LogP contribution is -2.17. The fourth-order valence-corrected chi connectivity index (χ4v) is 2.06. The van der Waals surface area contributed by atoms with E-state index in [2.05, 4.69) is 14.7 Å². The summed E-state index contributed by atoms with van der Waals surface area (Å²) in [5.74, 6) is -0.299. The summed E-state index contributed by atoms with van der Waals surface area (Å²) in [5, 5.41) is 0.291. The molecular weight excluding hydrogens is 293 g/mol. The van der Waals surface area contributed by atoms with E-state index < -0.39 is 6.36 Å². The standard InChI is InChI=1S/C13H10ClF3N2O/c1-2-10-11(18-7-19-12(10)14)8-4-3-5-9(6-8)20-13(15,16)17/h3-7H,2H2,1H3. The second kappa shape index (κ2) is 5.66. The van der Waals surface area contributed by atoms with E-state index >= 15 is 0 Å². The highest BCUT2D eigenvalue weighted by molar-refractivity contribution is 6.30. The third-order valence-electron chi connectivity index (χ3n) is 2.59. The van der Waals surface area contributed by atoms with Crippen LogP contribution >= 0.6 is 11.6 Å². The fraction of sp³-hybridized carbons (Fsp3) is 0.231. The highest BCUT2D eigenvalue weighted by atomic mass is 35.5. The van der Waals surface area contributed by atoms with Gasteiger partial charge in [0.25, 0.3) is 0 Å². The molecular formula is C13H10ClF3N2O. The maximum Gasteiger partial charge on any atom is 0.573 e. The molecule has 0 fully saturated rings. The molecule has 0 bridgehead atoms. The number of nitrogens with zero attached hydrogens (tertiary/aromatic N) is 2. The Labute approximate surface area is 118 Å². The van der Waals surface area contributed by atoms with Crippen molar-refractivity contribution in [3.8, 4) is 17.0 Å². The molecule has 2 rings (SSSR count). The third kappa shape index (κ3) is 3.39. The Morgan fingerprint density at radius 3 is 2.65 bits per heavy atom. The molecule has 1 aromatic heterocycles. The minimum atomic E-state index is -4.73. The van der Waals surface area contributed by atoms with Crippen LogP contribution < -0.4 is 4.74 Å². The predicted molar refractivity (Wildman–Crippen MR) is 68.5 cm³/mol. The average Bonchev–Trinajstić information content (AvgIpc) is 2.36. The lowest BCUT2D eigenvalue weighted by Gasteiger charge is -2.11. The topological polar surface area (TPSA) is 35.0 Å². The van der Waals surface area contributed by atoms with Crippen molar-refractivity contribution in [3.63, 3.8) is 0 Å². The number of hydrogen-bond acceptors (Lipinski definition) is 3. The first-order valence-electron chi connectivity index (χ1n) is 5.76. The maximum absolute atomic E-state index is 12.2. The maximum atomic E-state index is 12.2. The second-order valence-electron chi connectivity index (χ2n) is 3.92. The number of alkyl halides is 3. The van der Waals surface area contributed by atoms with Crippen molar-refractivity contribution >= 4 is 11.6 Å². The quantitative estimate of drug-likeness (QED) is 0.795. The van der Waals surface area contributed by atoms with Crippen molar-refractivity contribution in [1.82, 2.24) is 9.97 Å². The summed E-state index contributed by atoms with van der Waals surface area (Å²) in [4.78, 5) is 7.95. The molecule has 0 N–H and O–H groups in total. The lowest BCUT2D eigenvalue weighted by molar-refractivity contribution is -0.274. The molecule has 20 heavy (non-hydrogen) atoms. The Kier molecular flexibility index (Phi) is 4.13. The van der Waals surface area contributed by atoms with Crippen molar-refractivity contribution in [2.75, 3.05) is 0 Å². The van der Waals surface area contributed by atoms with Crippen molar-refractivity contribution in [3.05, 3.63) is 41.3 Å². The zero-order valence-corrected chi connectivity index (χ0v) is 11.2. The van der Waals surface area contributed by atoms with E-state index in [0.717, 1.165) is 0 Å². The second-order valence-corrected chi connectivity index (χ2v) is 4.28. The van der Waals surface area contributed by atoms with E-state index in [9.17, 15) is 13.2 Å². The highest BCUT2D eigenvalue weighted by Gasteiger charge is 2.31. The normalized spacial score (nSPS) is 11.4. The minimum Gasteiger partial charge on any atom is -0.406 e. The number of halogens is 4. The zero-order chi connectivity index (χ0) is 14.8. The molecule has 106 valence electrons. The Balaban J connectivity index is 2.44. The molecule has 2 aromatic rings. The van der Waals surface area contributed by atoms with Gasteiger partial charge in [-0.15, -0.1) is 13.2 Å². The molecule has 0 aliphatic heterocycles. The number of aromatic nitrogens is 2. The van der Waals surface area contributed by atoms with E-state index in [0.29, 0.717) is 28.4 Å².